The van der Waals surface area contributed by atoms with Gasteiger partial charge in [-0.05, 0) is 32.3 Å². The number of rotatable bonds is 3. The predicted octanol–water partition coefficient (Wildman–Crippen LogP) is 4.47. The highest BCUT2D eigenvalue weighted by molar-refractivity contribution is 7.13. The molecule has 1 aliphatic carbocycles. The monoisotopic (exact) mass is 231 g/mol. The maximum absolute atomic E-state index is 4.69. The van der Waals surface area contributed by atoms with Gasteiger partial charge in [-0.1, -0.05) is 31.2 Å². The second kappa shape index (κ2) is 4.79. The highest BCUT2D eigenvalue weighted by Crippen LogP contribution is 2.31. The van der Waals surface area contributed by atoms with Crippen LogP contribution in [-0.4, -0.2) is 4.98 Å². The maximum Gasteiger partial charge on any atom is 0.123 e. The van der Waals surface area contributed by atoms with E-state index < -0.39 is 0 Å². The van der Waals surface area contributed by atoms with E-state index in [4.69, 9.17) is 4.98 Å². The molecule has 16 heavy (non-hydrogen) atoms. The van der Waals surface area contributed by atoms with Crippen molar-refractivity contribution in [2.45, 2.75) is 33.1 Å². The van der Waals surface area contributed by atoms with Crippen LogP contribution >= 0.6 is 11.3 Å². The summed E-state index contributed by atoms with van der Waals surface area (Å²) in [6.07, 6.45) is 9.66. The molecule has 2 heteroatoms. The fourth-order valence-corrected chi connectivity index (χ4v) is 2.95. The van der Waals surface area contributed by atoms with E-state index in [1.165, 1.54) is 28.1 Å². The first-order valence-electron chi connectivity index (χ1n) is 5.74. The van der Waals surface area contributed by atoms with Crippen LogP contribution in [0.15, 0.2) is 24.3 Å². The molecule has 2 rings (SSSR count). The van der Waals surface area contributed by atoms with Gasteiger partial charge in [0.1, 0.15) is 5.01 Å². The van der Waals surface area contributed by atoms with Crippen LogP contribution in [0.4, 0.5) is 0 Å². The fourth-order valence-electron chi connectivity index (χ4n) is 1.87. The lowest BCUT2D eigenvalue weighted by Crippen LogP contribution is -1.93. The molecule has 1 aromatic rings. The predicted molar refractivity (Wildman–Crippen MR) is 72.6 cm³/mol. The summed E-state index contributed by atoms with van der Waals surface area (Å²) in [5.41, 5.74) is 3.78. The van der Waals surface area contributed by atoms with E-state index in [-0.39, 0.29) is 0 Å². The third-order valence-electron chi connectivity index (χ3n) is 2.75. The molecular weight excluding hydrogens is 214 g/mol. The minimum atomic E-state index is 1.03. The standard InChI is InChI=1S/C14H17NS/c1-4-6-11(5-2)14-15-12-9-10(3)7-8-13(12)16-14/h5-6,9H,2,4,7-8H2,1,3H3/b11-6+. The molecule has 0 aliphatic heterocycles. The lowest BCUT2D eigenvalue weighted by Gasteiger charge is -2.06. The smallest absolute Gasteiger partial charge is 0.123 e. The van der Waals surface area contributed by atoms with Gasteiger partial charge in [0.05, 0.1) is 5.69 Å². The van der Waals surface area contributed by atoms with Crippen molar-refractivity contribution in [3.63, 3.8) is 0 Å². The van der Waals surface area contributed by atoms with Gasteiger partial charge in [0.15, 0.2) is 0 Å². The molecule has 0 fully saturated rings. The molecule has 84 valence electrons. The SMILES string of the molecule is C=C/C(=C\CC)c1nc2c(s1)CCC(C)=C2. The summed E-state index contributed by atoms with van der Waals surface area (Å²) in [6, 6.07) is 0. The van der Waals surface area contributed by atoms with E-state index in [1.807, 2.05) is 17.4 Å². The molecule has 0 saturated carbocycles. The second-order valence-electron chi connectivity index (χ2n) is 4.09. The van der Waals surface area contributed by atoms with E-state index in [2.05, 4.69) is 32.6 Å². The van der Waals surface area contributed by atoms with Gasteiger partial charge < -0.3 is 0 Å². The molecule has 0 aromatic carbocycles. The van der Waals surface area contributed by atoms with Crippen LogP contribution in [0, 0.1) is 0 Å². The van der Waals surface area contributed by atoms with E-state index in [0.29, 0.717) is 0 Å². The molecule has 0 unspecified atom stereocenters. The highest BCUT2D eigenvalue weighted by atomic mass is 32.1. The molecule has 0 bridgehead atoms. The van der Waals surface area contributed by atoms with Gasteiger partial charge in [-0.25, -0.2) is 4.98 Å². The number of allylic oxidation sites excluding steroid dienone is 4. The van der Waals surface area contributed by atoms with Gasteiger partial charge >= 0.3 is 0 Å². The second-order valence-corrected chi connectivity index (χ2v) is 5.17. The van der Waals surface area contributed by atoms with Gasteiger partial charge in [-0.2, -0.15) is 0 Å². The minimum absolute atomic E-state index is 1.03. The van der Waals surface area contributed by atoms with E-state index in [0.717, 1.165) is 17.8 Å². The largest absolute Gasteiger partial charge is 0.236 e. The van der Waals surface area contributed by atoms with Crippen molar-refractivity contribution in [3.05, 3.63) is 39.9 Å². The molecule has 0 spiro atoms. The van der Waals surface area contributed by atoms with Crippen molar-refractivity contribution < 1.29 is 0 Å². The van der Waals surface area contributed by atoms with Crippen molar-refractivity contribution in [3.8, 4) is 0 Å². The van der Waals surface area contributed by atoms with Crippen molar-refractivity contribution in [1.29, 1.82) is 0 Å². The molecule has 1 aromatic heterocycles. The van der Waals surface area contributed by atoms with Gasteiger partial charge in [0, 0.05) is 10.5 Å². The normalized spacial score (nSPS) is 15.6. The fraction of sp³-hybridized carbons (Fsp3) is 0.357. The summed E-state index contributed by atoms with van der Waals surface area (Å²) in [6.45, 7) is 8.18. The number of hydrogen-bond donors (Lipinski definition) is 0. The Morgan fingerprint density at radius 3 is 3.06 bits per heavy atom. The Kier molecular flexibility index (Phi) is 3.39. The Morgan fingerprint density at radius 1 is 1.56 bits per heavy atom. The number of nitrogens with zero attached hydrogens (tertiary/aromatic N) is 1. The summed E-state index contributed by atoms with van der Waals surface area (Å²) < 4.78 is 0. The van der Waals surface area contributed by atoms with Crippen LogP contribution in [-0.2, 0) is 6.42 Å². The number of hydrogen-bond acceptors (Lipinski definition) is 2. The molecule has 0 amide bonds. The maximum atomic E-state index is 4.69. The van der Waals surface area contributed by atoms with Crippen LogP contribution in [0.25, 0.3) is 11.6 Å². The molecule has 0 radical (unpaired) electrons. The first kappa shape index (κ1) is 11.3. The molecule has 0 saturated heterocycles. The Balaban J connectivity index is 2.39. The van der Waals surface area contributed by atoms with Gasteiger partial charge in [-0.3, -0.25) is 0 Å². The Hall–Kier alpha value is -1.15. The Morgan fingerprint density at radius 2 is 2.38 bits per heavy atom. The third kappa shape index (κ3) is 2.17. The summed E-state index contributed by atoms with van der Waals surface area (Å²) in [4.78, 5) is 6.11. The summed E-state index contributed by atoms with van der Waals surface area (Å²) in [5, 5.41) is 1.12. The summed E-state index contributed by atoms with van der Waals surface area (Å²) in [5.74, 6) is 0. The lowest BCUT2D eigenvalue weighted by atomic mass is 10.0. The molecular formula is C14H17NS. The van der Waals surface area contributed by atoms with Crippen LogP contribution < -0.4 is 0 Å². The molecule has 1 heterocycles. The number of aromatic nitrogens is 1. The van der Waals surface area contributed by atoms with Gasteiger partial charge in [0.25, 0.3) is 0 Å². The van der Waals surface area contributed by atoms with Crippen LogP contribution in [0.3, 0.4) is 0 Å². The average Bonchev–Trinajstić information content (AvgIpc) is 2.68. The van der Waals surface area contributed by atoms with E-state index in [1.54, 1.807) is 0 Å². The number of aryl methyl sites for hydroxylation is 1. The highest BCUT2D eigenvalue weighted by Gasteiger charge is 2.14. The Bertz CT molecular complexity index is 463. The van der Waals surface area contributed by atoms with E-state index >= 15 is 0 Å². The topological polar surface area (TPSA) is 12.9 Å². The summed E-state index contributed by atoms with van der Waals surface area (Å²) in [7, 11) is 0. The van der Waals surface area contributed by atoms with Crippen molar-refractivity contribution in [2.75, 3.05) is 0 Å². The summed E-state index contributed by atoms with van der Waals surface area (Å²) >= 11 is 1.81. The van der Waals surface area contributed by atoms with Crippen molar-refractivity contribution in [1.82, 2.24) is 4.98 Å². The minimum Gasteiger partial charge on any atom is -0.236 e. The first-order chi connectivity index (χ1) is 7.74. The van der Waals surface area contributed by atoms with E-state index in [9.17, 15) is 0 Å². The number of fused-ring (bicyclic) bond motifs is 1. The molecule has 0 N–H and O–H groups in total. The quantitative estimate of drug-likeness (QED) is 0.699. The first-order valence-corrected chi connectivity index (χ1v) is 6.56. The van der Waals surface area contributed by atoms with Crippen molar-refractivity contribution >= 4 is 23.0 Å². The number of thiazole rings is 1. The Labute approximate surface area is 101 Å². The average molecular weight is 231 g/mol. The zero-order valence-electron chi connectivity index (χ0n) is 9.92. The molecule has 1 aliphatic rings. The zero-order valence-corrected chi connectivity index (χ0v) is 10.7. The lowest BCUT2D eigenvalue weighted by molar-refractivity contribution is 0.939. The van der Waals surface area contributed by atoms with Gasteiger partial charge in [-0.15, -0.1) is 11.3 Å². The van der Waals surface area contributed by atoms with Crippen molar-refractivity contribution in [2.24, 2.45) is 0 Å². The van der Waals surface area contributed by atoms with Crippen LogP contribution in [0.2, 0.25) is 0 Å². The zero-order chi connectivity index (χ0) is 11.5. The van der Waals surface area contributed by atoms with Gasteiger partial charge in [0.2, 0.25) is 0 Å². The van der Waals surface area contributed by atoms with Crippen LogP contribution in [0.1, 0.15) is 42.3 Å². The third-order valence-corrected chi connectivity index (χ3v) is 3.93. The molecule has 0 atom stereocenters. The van der Waals surface area contributed by atoms with Crippen LogP contribution in [0.5, 0.6) is 0 Å². The molecule has 1 nitrogen and oxygen atoms in total.